The maximum Gasteiger partial charge on any atom is 0.224 e. The predicted molar refractivity (Wildman–Crippen MR) is 56.1 cm³/mol. The first-order chi connectivity index (χ1) is 6.59. The summed E-state index contributed by atoms with van der Waals surface area (Å²) in [7, 11) is 0. The van der Waals surface area contributed by atoms with Gasteiger partial charge in [-0.25, -0.2) is 4.39 Å². The van der Waals surface area contributed by atoms with E-state index in [0.717, 1.165) is 5.56 Å². The third-order valence-corrected chi connectivity index (χ3v) is 3.06. The fraction of sp³-hybridized carbons (Fsp3) is 0.222. The molecule has 0 saturated carbocycles. The van der Waals surface area contributed by atoms with Crippen LogP contribution in [0, 0.1) is 5.82 Å². The number of carbonyl (C=O) groups is 1. The summed E-state index contributed by atoms with van der Waals surface area (Å²) in [5, 5.41) is 2.54. The molecular formula is C9H6BrClFNO. The molecule has 5 heteroatoms. The smallest absolute Gasteiger partial charge is 0.224 e. The van der Waals surface area contributed by atoms with Gasteiger partial charge in [0.1, 0.15) is 5.02 Å². The van der Waals surface area contributed by atoms with Gasteiger partial charge in [-0.05, 0) is 34.0 Å². The minimum absolute atomic E-state index is 0.0255. The fourth-order valence-corrected chi connectivity index (χ4v) is 2.29. The third-order valence-electron chi connectivity index (χ3n) is 2.13. The van der Waals surface area contributed by atoms with Crippen LogP contribution in [-0.4, -0.2) is 5.91 Å². The number of halogens is 3. The van der Waals surface area contributed by atoms with Crippen LogP contribution in [0.1, 0.15) is 12.0 Å². The lowest BCUT2D eigenvalue weighted by molar-refractivity contribution is -0.116. The summed E-state index contributed by atoms with van der Waals surface area (Å²) in [6.07, 6.45) is 1.02. The highest BCUT2D eigenvalue weighted by Gasteiger charge is 2.21. The van der Waals surface area contributed by atoms with Gasteiger partial charge in [0.2, 0.25) is 5.91 Å². The second kappa shape index (κ2) is 3.51. The standard InChI is InChI=1S/C9H6BrClFNO/c10-5-3-4-1-2-6(14)13-9(4)7(11)8(5)12/h3H,1-2H2,(H,13,14). The van der Waals surface area contributed by atoms with Crippen LogP contribution in [0.4, 0.5) is 10.1 Å². The Morgan fingerprint density at radius 3 is 2.93 bits per heavy atom. The molecule has 1 aliphatic heterocycles. The average Bonchev–Trinajstić information content (AvgIpc) is 2.16. The van der Waals surface area contributed by atoms with E-state index in [1.807, 2.05) is 0 Å². The van der Waals surface area contributed by atoms with Crippen LogP contribution >= 0.6 is 27.5 Å². The Hall–Kier alpha value is -0.610. The highest BCUT2D eigenvalue weighted by atomic mass is 79.9. The van der Waals surface area contributed by atoms with Crippen molar-refractivity contribution in [3.63, 3.8) is 0 Å². The maximum atomic E-state index is 13.3. The lowest BCUT2D eigenvalue weighted by Gasteiger charge is -2.18. The topological polar surface area (TPSA) is 29.1 Å². The molecule has 2 nitrogen and oxygen atoms in total. The Kier molecular flexibility index (Phi) is 2.49. The molecule has 0 bridgehead atoms. The van der Waals surface area contributed by atoms with Crippen LogP contribution < -0.4 is 5.32 Å². The van der Waals surface area contributed by atoms with E-state index in [-0.39, 0.29) is 10.9 Å². The summed E-state index contributed by atoms with van der Waals surface area (Å²) in [5.41, 5.74) is 1.27. The van der Waals surface area contributed by atoms with E-state index < -0.39 is 5.82 Å². The first-order valence-electron chi connectivity index (χ1n) is 4.06. The first-order valence-corrected chi connectivity index (χ1v) is 5.23. The zero-order valence-electron chi connectivity index (χ0n) is 7.03. The molecule has 1 aliphatic rings. The number of amides is 1. The molecule has 1 amide bonds. The molecule has 0 atom stereocenters. The van der Waals surface area contributed by atoms with Crippen LogP contribution in [0.25, 0.3) is 0 Å². The van der Waals surface area contributed by atoms with Gasteiger partial charge in [-0.1, -0.05) is 11.6 Å². The van der Waals surface area contributed by atoms with E-state index >= 15 is 0 Å². The highest BCUT2D eigenvalue weighted by molar-refractivity contribution is 9.10. The number of fused-ring (bicyclic) bond motifs is 1. The Morgan fingerprint density at radius 2 is 2.21 bits per heavy atom. The molecule has 1 N–H and O–H groups in total. The van der Waals surface area contributed by atoms with Crippen molar-refractivity contribution in [2.45, 2.75) is 12.8 Å². The van der Waals surface area contributed by atoms with Crippen LogP contribution in [-0.2, 0) is 11.2 Å². The molecule has 0 aliphatic carbocycles. The van der Waals surface area contributed by atoms with E-state index in [9.17, 15) is 9.18 Å². The van der Waals surface area contributed by atoms with Gasteiger partial charge in [0.05, 0.1) is 10.2 Å². The Labute approximate surface area is 93.6 Å². The van der Waals surface area contributed by atoms with E-state index in [2.05, 4.69) is 21.2 Å². The molecule has 0 fully saturated rings. The first kappa shape index (κ1) is 9.93. The molecule has 0 aromatic heterocycles. The van der Waals surface area contributed by atoms with E-state index in [4.69, 9.17) is 11.6 Å². The number of carbonyl (C=O) groups excluding carboxylic acids is 1. The fourth-order valence-electron chi connectivity index (χ4n) is 1.43. The van der Waals surface area contributed by atoms with Gasteiger partial charge in [-0.3, -0.25) is 4.79 Å². The molecule has 0 unspecified atom stereocenters. The normalized spacial score (nSPS) is 14.9. The summed E-state index contributed by atoms with van der Waals surface area (Å²) in [4.78, 5) is 11.1. The largest absolute Gasteiger partial charge is 0.324 e. The molecule has 1 aromatic carbocycles. The number of hydrogen-bond acceptors (Lipinski definition) is 1. The summed E-state index contributed by atoms with van der Waals surface area (Å²) in [6.45, 7) is 0. The maximum absolute atomic E-state index is 13.3. The Bertz CT molecular complexity index is 422. The molecular weight excluding hydrogens is 272 g/mol. The molecule has 2 rings (SSSR count). The quantitative estimate of drug-likeness (QED) is 0.726. The summed E-state index contributed by atoms with van der Waals surface area (Å²) in [5.74, 6) is -0.659. The number of anilines is 1. The summed E-state index contributed by atoms with van der Waals surface area (Å²) in [6, 6.07) is 1.65. The lowest BCUT2D eigenvalue weighted by Crippen LogP contribution is -2.19. The van der Waals surface area contributed by atoms with Gasteiger partial charge in [0.25, 0.3) is 0 Å². The van der Waals surface area contributed by atoms with Gasteiger partial charge in [-0.2, -0.15) is 0 Å². The van der Waals surface area contributed by atoms with Crippen molar-refractivity contribution in [1.82, 2.24) is 0 Å². The van der Waals surface area contributed by atoms with Gasteiger partial charge in [-0.15, -0.1) is 0 Å². The van der Waals surface area contributed by atoms with Gasteiger partial charge in [0, 0.05) is 6.42 Å². The van der Waals surface area contributed by atoms with Crippen molar-refractivity contribution in [2.75, 3.05) is 5.32 Å². The van der Waals surface area contributed by atoms with Crippen LogP contribution in [0.5, 0.6) is 0 Å². The predicted octanol–water partition coefficient (Wildman–Crippen LogP) is 3.13. The molecule has 1 aromatic rings. The van der Waals surface area contributed by atoms with Crippen molar-refractivity contribution in [1.29, 1.82) is 0 Å². The van der Waals surface area contributed by atoms with Crippen molar-refractivity contribution in [3.8, 4) is 0 Å². The van der Waals surface area contributed by atoms with Crippen LogP contribution in [0.15, 0.2) is 10.5 Å². The second-order valence-electron chi connectivity index (χ2n) is 3.07. The van der Waals surface area contributed by atoms with E-state index in [0.29, 0.717) is 23.0 Å². The van der Waals surface area contributed by atoms with Gasteiger partial charge in [0.15, 0.2) is 5.82 Å². The highest BCUT2D eigenvalue weighted by Crippen LogP contribution is 2.36. The molecule has 0 saturated heterocycles. The molecule has 14 heavy (non-hydrogen) atoms. The zero-order valence-corrected chi connectivity index (χ0v) is 9.38. The monoisotopic (exact) mass is 277 g/mol. The Balaban J connectivity index is 2.60. The van der Waals surface area contributed by atoms with Crippen molar-refractivity contribution < 1.29 is 9.18 Å². The third kappa shape index (κ3) is 1.53. The zero-order chi connectivity index (χ0) is 10.3. The van der Waals surface area contributed by atoms with Crippen LogP contribution in [0.2, 0.25) is 5.02 Å². The number of benzene rings is 1. The van der Waals surface area contributed by atoms with Gasteiger partial charge >= 0.3 is 0 Å². The molecule has 0 spiro atoms. The van der Waals surface area contributed by atoms with Crippen molar-refractivity contribution in [2.24, 2.45) is 0 Å². The molecule has 74 valence electrons. The van der Waals surface area contributed by atoms with Crippen molar-refractivity contribution in [3.05, 3.63) is 26.9 Å². The minimum Gasteiger partial charge on any atom is -0.324 e. The molecule has 1 heterocycles. The summed E-state index contributed by atoms with van der Waals surface area (Å²) < 4.78 is 13.6. The second-order valence-corrected chi connectivity index (χ2v) is 4.30. The number of aryl methyl sites for hydroxylation is 1. The van der Waals surface area contributed by atoms with E-state index in [1.165, 1.54) is 0 Å². The average molecular weight is 279 g/mol. The van der Waals surface area contributed by atoms with Crippen LogP contribution in [0.3, 0.4) is 0 Å². The van der Waals surface area contributed by atoms with Gasteiger partial charge < -0.3 is 5.32 Å². The summed E-state index contributed by atoms with van der Waals surface area (Å²) >= 11 is 8.83. The van der Waals surface area contributed by atoms with E-state index in [1.54, 1.807) is 6.07 Å². The number of nitrogens with one attached hydrogen (secondary N) is 1. The molecule has 0 radical (unpaired) electrons. The minimum atomic E-state index is -0.535. The number of rotatable bonds is 0. The van der Waals surface area contributed by atoms with Crippen molar-refractivity contribution >= 4 is 39.1 Å². The number of hydrogen-bond donors (Lipinski definition) is 1. The lowest BCUT2D eigenvalue weighted by atomic mass is 10.0. The Morgan fingerprint density at radius 1 is 1.50 bits per heavy atom. The SMILES string of the molecule is O=C1CCc2cc(Br)c(F)c(Cl)c2N1.